The van der Waals surface area contributed by atoms with Crippen LogP contribution in [0.25, 0.3) is 0 Å². The second-order valence-electron chi connectivity index (χ2n) is 8.89. The molecule has 2 aromatic carbocycles. The zero-order chi connectivity index (χ0) is 23.7. The van der Waals surface area contributed by atoms with Gasteiger partial charge in [0.2, 0.25) is 0 Å². The van der Waals surface area contributed by atoms with Crippen molar-refractivity contribution in [3.8, 4) is 0 Å². The molecule has 4 rings (SSSR count). The highest BCUT2D eigenvalue weighted by molar-refractivity contribution is 6.48. The lowest BCUT2D eigenvalue weighted by Crippen LogP contribution is -2.42. The minimum atomic E-state index is -0.447. The molecule has 1 heterocycles. The van der Waals surface area contributed by atoms with Gasteiger partial charge in [-0.05, 0) is 68.5 Å². The highest BCUT2D eigenvalue weighted by Crippen LogP contribution is 2.33. The molecule has 172 valence electrons. The molecule has 33 heavy (non-hydrogen) atoms. The van der Waals surface area contributed by atoms with E-state index in [0.717, 1.165) is 54.5 Å². The van der Waals surface area contributed by atoms with Gasteiger partial charge in [0.25, 0.3) is 17.7 Å². The number of hydrogen-bond donors (Lipinski definition) is 2. The molecule has 0 saturated heterocycles. The summed E-state index contributed by atoms with van der Waals surface area (Å²) in [5.74, 6) is -1.11. The maximum atomic E-state index is 13.1. The Balaban J connectivity index is 1.55. The zero-order valence-electron chi connectivity index (χ0n) is 19.1. The maximum absolute atomic E-state index is 13.1. The van der Waals surface area contributed by atoms with E-state index in [-0.39, 0.29) is 22.7 Å². The fourth-order valence-electron chi connectivity index (χ4n) is 4.40. The predicted octanol–water partition coefficient (Wildman–Crippen LogP) is 5.43. The summed E-state index contributed by atoms with van der Waals surface area (Å²) >= 11 is 6.31. The van der Waals surface area contributed by atoms with Crippen LogP contribution < -0.4 is 10.6 Å². The molecule has 0 bridgehead atoms. The molecule has 2 N–H and O–H groups in total. The third kappa shape index (κ3) is 4.67. The van der Waals surface area contributed by atoms with E-state index in [9.17, 15) is 14.4 Å². The van der Waals surface area contributed by atoms with Crippen molar-refractivity contribution in [2.45, 2.75) is 58.9 Å². The standard InChI is InChI=1S/C26H28ClN3O3/c1-15-9-10-16(2)20(13-15)29-24(31)18-12-11-17(3)21(14-18)28-23-22(27)25(32)30(26(23)33)19-7-5-4-6-8-19/h9-14,19,28H,4-8H2,1-3H3,(H,29,31). The Morgan fingerprint density at radius 3 is 2.30 bits per heavy atom. The molecular weight excluding hydrogens is 438 g/mol. The lowest BCUT2D eigenvalue weighted by Gasteiger charge is -2.29. The summed E-state index contributed by atoms with van der Waals surface area (Å²) in [4.78, 5) is 40.1. The van der Waals surface area contributed by atoms with Crippen LogP contribution in [0.15, 0.2) is 47.1 Å². The highest BCUT2D eigenvalue weighted by atomic mass is 35.5. The number of nitrogens with zero attached hydrogens (tertiary/aromatic N) is 1. The molecule has 7 heteroatoms. The summed E-state index contributed by atoms with van der Waals surface area (Å²) < 4.78 is 0. The summed E-state index contributed by atoms with van der Waals surface area (Å²) in [5.41, 5.74) is 4.66. The number of benzene rings is 2. The number of carbonyl (C=O) groups is 3. The molecule has 6 nitrogen and oxygen atoms in total. The maximum Gasteiger partial charge on any atom is 0.279 e. The normalized spacial score (nSPS) is 17.0. The Morgan fingerprint density at radius 2 is 1.58 bits per heavy atom. The van der Waals surface area contributed by atoms with E-state index in [1.54, 1.807) is 18.2 Å². The zero-order valence-corrected chi connectivity index (χ0v) is 19.9. The van der Waals surface area contributed by atoms with Crippen LogP contribution in [0.1, 0.15) is 59.2 Å². The van der Waals surface area contributed by atoms with Gasteiger partial charge < -0.3 is 10.6 Å². The number of anilines is 2. The SMILES string of the molecule is Cc1ccc(C)c(NC(=O)c2ccc(C)c(NC3=C(Cl)C(=O)N(C4CCCCC4)C3=O)c2)c1. The van der Waals surface area contributed by atoms with Gasteiger partial charge in [0.05, 0.1) is 0 Å². The lowest BCUT2D eigenvalue weighted by atomic mass is 9.94. The van der Waals surface area contributed by atoms with Crippen molar-refractivity contribution in [2.24, 2.45) is 0 Å². The first-order chi connectivity index (χ1) is 15.8. The fraction of sp³-hybridized carbons (Fsp3) is 0.346. The van der Waals surface area contributed by atoms with E-state index in [1.165, 1.54) is 4.90 Å². The van der Waals surface area contributed by atoms with Crippen molar-refractivity contribution in [1.29, 1.82) is 0 Å². The Kier molecular flexibility index (Phi) is 6.56. The summed E-state index contributed by atoms with van der Waals surface area (Å²) in [7, 11) is 0. The second-order valence-corrected chi connectivity index (χ2v) is 9.27. The van der Waals surface area contributed by atoms with Gasteiger partial charge in [-0.2, -0.15) is 0 Å². The first-order valence-corrected chi connectivity index (χ1v) is 11.7. The van der Waals surface area contributed by atoms with Crippen LogP contribution in [-0.2, 0) is 9.59 Å². The van der Waals surface area contributed by atoms with Crippen molar-refractivity contribution < 1.29 is 14.4 Å². The van der Waals surface area contributed by atoms with E-state index in [2.05, 4.69) is 10.6 Å². The van der Waals surface area contributed by atoms with Crippen LogP contribution in [0.5, 0.6) is 0 Å². The molecule has 3 amide bonds. The average molecular weight is 466 g/mol. The lowest BCUT2D eigenvalue weighted by molar-refractivity contribution is -0.140. The number of carbonyl (C=O) groups excluding carboxylic acids is 3. The van der Waals surface area contributed by atoms with Gasteiger partial charge in [-0.15, -0.1) is 0 Å². The number of amides is 3. The van der Waals surface area contributed by atoms with Gasteiger partial charge in [-0.1, -0.05) is 49.1 Å². The van der Waals surface area contributed by atoms with Crippen LogP contribution in [0, 0.1) is 20.8 Å². The van der Waals surface area contributed by atoms with Gasteiger partial charge in [0.1, 0.15) is 10.7 Å². The van der Waals surface area contributed by atoms with Crippen molar-refractivity contribution in [1.82, 2.24) is 4.90 Å². The number of rotatable bonds is 5. The number of halogens is 1. The smallest absolute Gasteiger partial charge is 0.279 e. The number of nitrogens with one attached hydrogen (secondary N) is 2. The largest absolute Gasteiger partial charge is 0.349 e. The predicted molar refractivity (Wildman–Crippen MR) is 130 cm³/mol. The molecule has 0 atom stereocenters. The third-order valence-corrected chi connectivity index (χ3v) is 6.75. The van der Waals surface area contributed by atoms with Crippen LogP contribution in [-0.4, -0.2) is 28.7 Å². The van der Waals surface area contributed by atoms with Crippen LogP contribution in [0.4, 0.5) is 11.4 Å². The van der Waals surface area contributed by atoms with Gasteiger partial charge in [-0.25, -0.2) is 0 Å². The van der Waals surface area contributed by atoms with Crippen LogP contribution >= 0.6 is 11.6 Å². The molecule has 1 aliphatic heterocycles. The van der Waals surface area contributed by atoms with Crippen LogP contribution in [0.2, 0.25) is 0 Å². The second kappa shape index (κ2) is 9.40. The minimum absolute atomic E-state index is 0.0717. The first kappa shape index (κ1) is 23.1. The molecule has 0 unspecified atom stereocenters. The van der Waals surface area contributed by atoms with Gasteiger partial charge in [0.15, 0.2) is 0 Å². The summed E-state index contributed by atoms with van der Waals surface area (Å²) in [5, 5.41) is 5.89. The van der Waals surface area contributed by atoms with E-state index in [4.69, 9.17) is 11.6 Å². The van der Waals surface area contributed by atoms with Crippen molar-refractivity contribution >= 4 is 40.7 Å². The van der Waals surface area contributed by atoms with E-state index < -0.39 is 11.8 Å². The molecule has 2 aliphatic rings. The van der Waals surface area contributed by atoms with Crippen molar-refractivity contribution in [3.63, 3.8) is 0 Å². The number of aryl methyl sites for hydroxylation is 3. The van der Waals surface area contributed by atoms with Gasteiger partial charge in [0, 0.05) is 23.0 Å². The molecule has 0 radical (unpaired) electrons. The molecule has 0 aromatic heterocycles. The molecular formula is C26H28ClN3O3. The average Bonchev–Trinajstić information content (AvgIpc) is 3.01. The molecule has 1 fully saturated rings. The molecule has 0 spiro atoms. The molecule has 2 aromatic rings. The van der Waals surface area contributed by atoms with Gasteiger partial charge in [-0.3, -0.25) is 19.3 Å². The highest BCUT2D eigenvalue weighted by Gasteiger charge is 2.42. The monoisotopic (exact) mass is 465 g/mol. The van der Waals surface area contributed by atoms with Crippen molar-refractivity contribution in [3.05, 3.63) is 69.4 Å². The Hall–Kier alpha value is -3.12. The summed E-state index contributed by atoms with van der Waals surface area (Å²) in [6, 6.07) is 11.0. The Morgan fingerprint density at radius 1 is 0.909 bits per heavy atom. The number of hydrogen-bond acceptors (Lipinski definition) is 4. The third-order valence-electron chi connectivity index (χ3n) is 6.40. The Bertz CT molecular complexity index is 1170. The van der Waals surface area contributed by atoms with Gasteiger partial charge >= 0.3 is 0 Å². The Labute approximate surface area is 199 Å². The fourth-order valence-corrected chi connectivity index (χ4v) is 4.62. The molecule has 1 aliphatic carbocycles. The minimum Gasteiger partial charge on any atom is -0.349 e. The van der Waals surface area contributed by atoms with E-state index in [1.807, 2.05) is 39.0 Å². The molecule has 1 saturated carbocycles. The van der Waals surface area contributed by atoms with Crippen molar-refractivity contribution in [2.75, 3.05) is 10.6 Å². The van der Waals surface area contributed by atoms with Crippen LogP contribution in [0.3, 0.4) is 0 Å². The summed E-state index contributed by atoms with van der Waals surface area (Å²) in [6.45, 7) is 5.77. The van der Waals surface area contributed by atoms with E-state index in [0.29, 0.717) is 11.3 Å². The van der Waals surface area contributed by atoms with E-state index >= 15 is 0 Å². The first-order valence-electron chi connectivity index (χ1n) is 11.3. The number of imide groups is 1. The quantitative estimate of drug-likeness (QED) is 0.577. The summed E-state index contributed by atoms with van der Waals surface area (Å²) in [6.07, 6.45) is 4.73. The topological polar surface area (TPSA) is 78.5 Å².